The van der Waals surface area contributed by atoms with Crippen molar-refractivity contribution in [2.24, 2.45) is 0 Å². The maximum Gasteiger partial charge on any atom is 0.255 e. The van der Waals surface area contributed by atoms with Gasteiger partial charge in [-0.05, 0) is 37.6 Å². The van der Waals surface area contributed by atoms with Crippen LogP contribution in [0.5, 0.6) is 0 Å². The molecule has 3 heteroatoms. The summed E-state index contributed by atoms with van der Waals surface area (Å²) in [7, 11) is 0. The summed E-state index contributed by atoms with van der Waals surface area (Å²) in [4.78, 5) is 23.0. The summed E-state index contributed by atoms with van der Waals surface area (Å²) in [6.45, 7) is 3.45. The topological polar surface area (TPSA) is 39.1 Å². The Labute approximate surface area is 99.3 Å². The largest absolute Gasteiger partial charge is 0.294 e. The number of hydrogen-bond donors (Lipinski definition) is 0. The summed E-state index contributed by atoms with van der Waals surface area (Å²) in [6.07, 6.45) is 1.58. The Bertz CT molecular complexity index is 626. The Morgan fingerprint density at radius 2 is 1.94 bits per heavy atom. The van der Waals surface area contributed by atoms with Crippen LogP contribution in [0.25, 0.3) is 5.69 Å². The van der Waals surface area contributed by atoms with E-state index in [0.717, 1.165) is 11.3 Å². The van der Waals surface area contributed by atoms with E-state index in [1.807, 2.05) is 31.2 Å². The van der Waals surface area contributed by atoms with Crippen molar-refractivity contribution >= 4 is 5.78 Å². The summed E-state index contributed by atoms with van der Waals surface area (Å²) >= 11 is 0. The van der Waals surface area contributed by atoms with Crippen LogP contribution in [0.2, 0.25) is 0 Å². The molecular weight excluding hydrogens is 214 g/mol. The normalized spacial score (nSPS) is 10.2. The molecule has 0 spiro atoms. The molecule has 0 saturated carbocycles. The number of aromatic nitrogens is 1. The first kappa shape index (κ1) is 11.3. The van der Waals surface area contributed by atoms with Gasteiger partial charge in [0.1, 0.15) is 0 Å². The number of Topliss-reactive ketones (excluding diaryl/α,β-unsaturated/α-hetero) is 1. The highest BCUT2D eigenvalue weighted by atomic mass is 16.1. The monoisotopic (exact) mass is 227 g/mol. The fraction of sp³-hybridized carbons (Fsp3) is 0.143. The Morgan fingerprint density at radius 1 is 1.18 bits per heavy atom. The zero-order valence-electron chi connectivity index (χ0n) is 9.81. The Hall–Kier alpha value is -2.16. The number of pyridine rings is 1. The number of benzene rings is 1. The van der Waals surface area contributed by atoms with Gasteiger partial charge in [-0.1, -0.05) is 12.1 Å². The van der Waals surface area contributed by atoms with Crippen LogP contribution in [0.15, 0.2) is 47.4 Å². The van der Waals surface area contributed by atoms with E-state index in [9.17, 15) is 9.59 Å². The number of carbonyl (C=O) groups excluding carboxylic acids is 1. The molecule has 0 N–H and O–H groups in total. The maximum atomic E-state index is 11.8. The molecular formula is C14H13NO2. The van der Waals surface area contributed by atoms with Gasteiger partial charge in [-0.25, -0.2) is 0 Å². The average molecular weight is 227 g/mol. The smallest absolute Gasteiger partial charge is 0.255 e. The minimum Gasteiger partial charge on any atom is -0.294 e. The molecule has 2 aromatic rings. The van der Waals surface area contributed by atoms with Gasteiger partial charge in [0.25, 0.3) is 5.56 Å². The van der Waals surface area contributed by atoms with E-state index in [1.165, 1.54) is 17.6 Å². The molecule has 0 saturated heterocycles. The molecule has 0 fully saturated rings. The highest BCUT2D eigenvalue weighted by molar-refractivity contribution is 5.93. The zero-order chi connectivity index (χ0) is 12.4. The van der Waals surface area contributed by atoms with Crippen LogP contribution < -0.4 is 5.56 Å². The number of carbonyl (C=O) groups is 1. The van der Waals surface area contributed by atoms with Gasteiger partial charge in [-0.15, -0.1) is 0 Å². The number of hydrogen-bond acceptors (Lipinski definition) is 2. The molecule has 1 aromatic carbocycles. The number of nitrogens with zero attached hydrogens (tertiary/aromatic N) is 1. The van der Waals surface area contributed by atoms with Crippen molar-refractivity contribution in [1.29, 1.82) is 0 Å². The summed E-state index contributed by atoms with van der Waals surface area (Å²) in [6, 6.07) is 10.6. The van der Waals surface area contributed by atoms with Gasteiger partial charge in [0.15, 0.2) is 5.78 Å². The van der Waals surface area contributed by atoms with Gasteiger partial charge in [-0.3, -0.25) is 14.2 Å². The van der Waals surface area contributed by atoms with Crippen molar-refractivity contribution in [3.05, 3.63) is 64.1 Å². The van der Waals surface area contributed by atoms with Gasteiger partial charge in [-0.2, -0.15) is 0 Å². The lowest BCUT2D eigenvalue weighted by Gasteiger charge is -2.07. The van der Waals surface area contributed by atoms with E-state index in [2.05, 4.69) is 0 Å². The van der Waals surface area contributed by atoms with Crippen molar-refractivity contribution in [2.75, 3.05) is 0 Å². The molecule has 86 valence electrons. The van der Waals surface area contributed by atoms with Crippen molar-refractivity contribution in [1.82, 2.24) is 4.57 Å². The SMILES string of the molecule is CC(=O)c1ccc(=O)n(-c2cccc(C)c2)c1. The van der Waals surface area contributed by atoms with Crippen LogP contribution in [0.1, 0.15) is 22.8 Å². The number of ketones is 1. The maximum absolute atomic E-state index is 11.8. The van der Waals surface area contributed by atoms with E-state index in [1.54, 1.807) is 12.3 Å². The molecule has 1 heterocycles. The summed E-state index contributed by atoms with van der Waals surface area (Å²) in [5.41, 5.74) is 2.24. The van der Waals surface area contributed by atoms with Gasteiger partial charge in [0.05, 0.1) is 0 Å². The van der Waals surface area contributed by atoms with E-state index in [-0.39, 0.29) is 11.3 Å². The third-order valence-corrected chi connectivity index (χ3v) is 2.60. The van der Waals surface area contributed by atoms with Gasteiger partial charge in [0, 0.05) is 23.5 Å². The van der Waals surface area contributed by atoms with Crippen LogP contribution in [0.4, 0.5) is 0 Å². The predicted octanol–water partition coefficient (Wildman–Crippen LogP) is 2.35. The first-order valence-corrected chi connectivity index (χ1v) is 5.38. The van der Waals surface area contributed by atoms with Crippen molar-refractivity contribution in [3.63, 3.8) is 0 Å². The highest BCUT2D eigenvalue weighted by Gasteiger charge is 2.04. The first-order valence-electron chi connectivity index (χ1n) is 5.38. The molecule has 0 unspecified atom stereocenters. The minimum atomic E-state index is -0.138. The summed E-state index contributed by atoms with van der Waals surface area (Å²) in [5, 5.41) is 0. The van der Waals surface area contributed by atoms with E-state index < -0.39 is 0 Å². The standard InChI is InChI=1S/C14H13NO2/c1-10-4-3-5-13(8-10)15-9-12(11(2)16)6-7-14(15)17/h3-9H,1-2H3. The van der Waals surface area contributed by atoms with Gasteiger partial charge in [0.2, 0.25) is 0 Å². The third-order valence-electron chi connectivity index (χ3n) is 2.60. The molecule has 0 aliphatic heterocycles. The molecule has 0 atom stereocenters. The Kier molecular flexibility index (Phi) is 2.91. The van der Waals surface area contributed by atoms with E-state index in [4.69, 9.17) is 0 Å². The lowest BCUT2D eigenvalue weighted by Crippen LogP contribution is -2.18. The van der Waals surface area contributed by atoms with Crippen molar-refractivity contribution in [2.45, 2.75) is 13.8 Å². The zero-order valence-corrected chi connectivity index (χ0v) is 9.81. The molecule has 0 aliphatic carbocycles. The fourth-order valence-corrected chi connectivity index (χ4v) is 1.67. The van der Waals surface area contributed by atoms with Crippen LogP contribution in [-0.2, 0) is 0 Å². The van der Waals surface area contributed by atoms with Crippen molar-refractivity contribution < 1.29 is 4.79 Å². The molecule has 2 rings (SSSR count). The van der Waals surface area contributed by atoms with Gasteiger partial charge < -0.3 is 0 Å². The highest BCUT2D eigenvalue weighted by Crippen LogP contribution is 2.09. The minimum absolute atomic E-state index is 0.0496. The van der Waals surface area contributed by atoms with Crippen LogP contribution in [0.3, 0.4) is 0 Å². The summed E-state index contributed by atoms with van der Waals surface area (Å²) in [5.74, 6) is -0.0496. The average Bonchev–Trinajstić information content (AvgIpc) is 2.29. The number of rotatable bonds is 2. The Balaban J connectivity index is 2.62. The second kappa shape index (κ2) is 4.37. The molecule has 3 nitrogen and oxygen atoms in total. The van der Waals surface area contributed by atoms with Crippen LogP contribution in [0, 0.1) is 6.92 Å². The second-order valence-electron chi connectivity index (χ2n) is 4.02. The quantitative estimate of drug-likeness (QED) is 0.739. The van der Waals surface area contributed by atoms with Crippen LogP contribution in [-0.4, -0.2) is 10.4 Å². The van der Waals surface area contributed by atoms with Gasteiger partial charge >= 0.3 is 0 Å². The molecule has 0 radical (unpaired) electrons. The molecule has 17 heavy (non-hydrogen) atoms. The third kappa shape index (κ3) is 2.33. The Morgan fingerprint density at radius 3 is 2.59 bits per heavy atom. The summed E-state index contributed by atoms with van der Waals surface area (Å²) < 4.78 is 1.49. The molecule has 0 amide bonds. The molecule has 0 bridgehead atoms. The van der Waals surface area contributed by atoms with Crippen molar-refractivity contribution in [3.8, 4) is 5.69 Å². The lowest BCUT2D eigenvalue weighted by atomic mass is 10.2. The molecule has 1 aromatic heterocycles. The van der Waals surface area contributed by atoms with E-state index in [0.29, 0.717) is 5.56 Å². The second-order valence-corrected chi connectivity index (χ2v) is 4.02. The number of aryl methyl sites for hydroxylation is 1. The molecule has 0 aliphatic rings. The predicted molar refractivity (Wildman–Crippen MR) is 66.8 cm³/mol. The van der Waals surface area contributed by atoms with E-state index >= 15 is 0 Å². The fourth-order valence-electron chi connectivity index (χ4n) is 1.67. The lowest BCUT2D eigenvalue weighted by molar-refractivity contribution is 0.101. The first-order chi connectivity index (χ1) is 8.08. The van der Waals surface area contributed by atoms with Crippen LogP contribution >= 0.6 is 0 Å².